The number of nitriles is 1. The van der Waals surface area contributed by atoms with E-state index in [1.807, 2.05) is 13.0 Å². The van der Waals surface area contributed by atoms with Crippen molar-refractivity contribution in [1.29, 1.82) is 5.26 Å². The summed E-state index contributed by atoms with van der Waals surface area (Å²) in [7, 11) is 1.55. The average Bonchev–Trinajstić information content (AvgIpc) is 2.26. The molecule has 1 N–H and O–H groups in total. The van der Waals surface area contributed by atoms with Crippen molar-refractivity contribution >= 4 is 17.5 Å². The Hall–Kier alpha value is -1.53. The first-order chi connectivity index (χ1) is 7.13. The molecule has 15 heavy (non-hydrogen) atoms. The number of benzene rings is 1. The summed E-state index contributed by atoms with van der Waals surface area (Å²) in [6, 6.07) is 5.30. The molecule has 0 aliphatic rings. The van der Waals surface area contributed by atoms with Gasteiger partial charge in [0.25, 0.3) is 5.91 Å². The zero-order valence-corrected chi connectivity index (χ0v) is 9.35. The van der Waals surface area contributed by atoms with Crippen molar-refractivity contribution < 1.29 is 4.79 Å². The molecule has 0 unspecified atom stereocenters. The highest BCUT2D eigenvalue weighted by Crippen LogP contribution is 2.19. The van der Waals surface area contributed by atoms with E-state index in [2.05, 4.69) is 5.32 Å². The third kappa shape index (κ3) is 2.28. The fraction of sp³-hybridized carbons (Fsp3) is 0.273. The molecule has 0 atom stereocenters. The van der Waals surface area contributed by atoms with E-state index in [-0.39, 0.29) is 11.8 Å². The van der Waals surface area contributed by atoms with Crippen LogP contribution < -0.4 is 5.32 Å². The number of rotatable bonds is 2. The topological polar surface area (TPSA) is 52.9 Å². The molecule has 0 radical (unpaired) electrons. The van der Waals surface area contributed by atoms with E-state index in [0.717, 1.165) is 11.1 Å². The van der Waals surface area contributed by atoms with Gasteiger partial charge in [0.05, 0.1) is 11.6 Å². The molecule has 78 valence electrons. The lowest BCUT2D eigenvalue weighted by Gasteiger charge is -2.09. The molecular weight excluding hydrogens is 212 g/mol. The van der Waals surface area contributed by atoms with Crippen molar-refractivity contribution in [3.05, 3.63) is 34.4 Å². The van der Waals surface area contributed by atoms with Crippen molar-refractivity contribution in [1.82, 2.24) is 5.32 Å². The van der Waals surface area contributed by atoms with Crippen LogP contribution in [0.1, 0.15) is 27.0 Å². The molecule has 0 aliphatic carbocycles. The minimum Gasteiger partial charge on any atom is -0.355 e. The van der Waals surface area contributed by atoms with Crippen molar-refractivity contribution in [2.75, 3.05) is 7.05 Å². The summed E-state index contributed by atoms with van der Waals surface area (Å²) in [4.78, 5) is 11.5. The monoisotopic (exact) mass is 222 g/mol. The number of hydrogen-bond donors (Lipinski definition) is 1. The zero-order valence-electron chi connectivity index (χ0n) is 8.60. The smallest absolute Gasteiger partial charge is 0.251 e. The van der Waals surface area contributed by atoms with Gasteiger partial charge < -0.3 is 5.32 Å². The summed E-state index contributed by atoms with van der Waals surface area (Å²) >= 11 is 5.77. The van der Waals surface area contributed by atoms with Gasteiger partial charge in [-0.05, 0) is 30.2 Å². The molecular formula is C11H11ClN2O. The van der Waals surface area contributed by atoms with Crippen LogP contribution in [0.2, 0.25) is 0 Å². The predicted octanol–water partition coefficient (Wildman–Crippen LogP) is 1.97. The van der Waals surface area contributed by atoms with Crippen molar-refractivity contribution in [3.63, 3.8) is 0 Å². The zero-order chi connectivity index (χ0) is 11.4. The lowest BCUT2D eigenvalue weighted by atomic mass is 9.99. The molecule has 0 fully saturated rings. The van der Waals surface area contributed by atoms with E-state index in [1.165, 1.54) is 0 Å². The molecule has 0 heterocycles. The highest BCUT2D eigenvalue weighted by atomic mass is 35.5. The summed E-state index contributed by atoms with van der Waals surface area (Å²) in [5.41, 5.74) is 2.58. The van der Waals surface area contributed by atoms with Crippen molar-refractivity contribution in [2.45, 2.75) is 12.8 Å². The van der Waals surface area contributed by atoms with Gasteiger partial charge in [0, 0.05) is 18.5 Å². The summed E-state index contributed by atoms with van der Waals surface area (Å²) in [6.07, 6.45) is 0. The molecule has 0 aliphatic heterocycles. The Morgan fingerprint density at radius 1 is 1.60 bits per heavy atom. The van der Waals surface area contributed by atoms with E-state index in [1.54, 1.807) is 19.2 Å². The predicted molar refractivity (Wildman–Crippen MR) is 58.8 cm³/mol. The third-order valence-electron chi connectivity index (χ3n) is 2.21. The normalized spacial score (nSPS) is 9.47. The molecule has 0 saturated heterocycles. The van der Waals surface area contributed by atoms with Gasteiger partial charge >= 0.3 is 0 Å². The Kier molecular flexibility index (Phi) is 3.70. The number of nitrogens with zero attached hydrogens (tertiary/aromatic N) is 1. The molecule has 0 saturated carbocycles. The highest BCUT2D eigenvalue weighted by Gasteiger charge is 2.13. The standard InChI is InChI=1S/C11H11ClN2O/c1-7-3-8(6-13)4-9(10(7)5-12)11(15)14-2/h3-4H,5H2,1-2H3,(H,14,15). The lowest BCUT2D eigenvalue weighted by molar-refractivity contribution is 0.0962. The first-order valence-electron chi connectivity index (χ1n) is 4.45. The summed E-state index contributed by atoms with van der Waals surface area (Å²) in [6.45, 7) is 1.84. The number of hydrogen-bond acceptors (Lipinski definition) is 2. The van der Waals surface area contributed by atoms with Crippen molar-refractivity contribution in [2.24, 2.45) is 0 Å². The minimum atomic E-state index is -0.217. The molecule has 0 bridgehead atoms. The largest absolute Gasteiger partial charge is 0.355 e. The Morgan fingerprint density at radius 3 is 2.73 bits per heavy atom. The van der Waals surface area contributed by atoms with Crippen LogP contribution in [-0.2, 0) is 5.88 Å². The number of carbonyl (C=O) groups excluding carboxylic acids is 1. The molecule has 3 nitrogen and oxygen atoms in total. The number of alkyl halides is 1. The summed E-state index contributed by atoms with van der Waals surface area (Å²) in [5.74, 6) is 0.0474. The van der Waals surface area contributed by atoms with E-state index in [0.29, 0.717) is 11.1 Å². The summed E-state index contributed by atoms with van der Waals surface area (Å²) < 4.78 is 0. The number of amides is 1. The summed E-state index contributed by atoms with van der Waals surface area (Å²) in [5, 5.41) is 11.3. The van der Waals surface area contributed by atoms with Crippen LogP contribution in [0.5, 0.6) is 0 Å². The fourth-order valence-corrected chi connectivity index (χ4v) is 1.75. The van der Waals surface area contributed by atoms with E-state index in [4.69, 9.17) is 16.9 Å². The second-order valence-corrected chi connectivity index (χ2v) is 3.41. The molecule has 4 heteroatoms. The van der Waals surface area contributed by atoms with Gasteiger partial charge in [-0.1, -0.05) is 0 Å². The average molecular weight is 223 g/mol. The number of carbonyl (C=O) groups is 1. The van der Waals surface area contributed by atoms with Gasteiger partial charge in [-0.3, -0.25) is 4.79 Å². The van der Waals surface area contributed by atoms with E-state index in [9.17, 15) is 4.79 Å². The van der Waals surface area contributed by atoms with Crippen LogP contribution in [0.15, 0.2) is 12.1 Å². The maximum atomic E-state index is 11.5. The van der Waals surface area contributed by atoms with Crippen molar-refractivity contribution in [3.8, 4) is 6.07 Å². The maximum Gasteiger partial charge on any atom is 0.251 e. The number of halogens is 1. The van der Waals surface area contributed by atoms with Crippen LogP contribution in [0.25, 0.3) is 0 Å². The van der Waals surface area contributed by atoms with Gasteiger partial charge in [0.15, 0.2) is 0 Å². The van der Waals surface area contributed by atoms with Gasteiger partial charge in [-0.2, -0.15) is 5.26 Å². The molecule has 0 aromatic heterocycles. The molecule has 1 amide bonds. The van der Waals surface area contributed by atoms with Crippen LogP contribution in [0.4, 0.5) is 0 Å². The van der Waals surface area contributed by atoms with E-state index < -0.39 is 0 Å². The lowest BCUT2D eigenvalue weighted by Crippen LogP contribution is -2.20. The number of aryl methyl sites for hydroxylation is 1. The third-order valence-corrected chi connectivity index (χ3v) is 2.47. The van der Waals surface area contributed by atoms with E-state index >= 15 is 0 Å². The van der Waals surface area contributed by atoms with Gasteiger partial charge in [-0.15, -0.1) is 11.6 Å². The first-order valence-corrected chi connectivity index (χ1v) is 4.99. The molecule has 1 aromatic rings. The van der Waals surface area contributed by atoms with Gasteiger partial charge in [0.1, 0.15) is 0 Å². The Morgan fingerprint density at radius 2 is 2.27 bits per heavy atom. The van der Waals surface area contributed by atoms with Crippen LogP contribution in [-0.4, -0.2) is 13.0 Å². The Balaban J connectivity index is 3.40. The second-order valence-electron chi connectivity index (χ2n) is 3.14. The molecule has 1 rings (SSSR count). The first kappa shape index (κ1) is 11.5. The SMILES string of the molecule is CNC(=O)c1cc(C#N)cc(C)c1CCl. The van der Waals surface area contributed by atoms with Gasteiger partial charge in [0.2, 0.25) is 0 Å². The van der Waals surface area contributed by atoms with Crippen LogP contribution in [0.3, 0.4) is 0 Å². The quantitative estimate of drug-likeness (QED) is 0.778. The molecule has 1 aromatic carbocycles. The Bertz CT molecular complexity index is 435. The van der Waals surface area contributed by atoms with Gasteiger partial charge in [-0.25, -0.2) is 0 Å². The fourth-order valence-electron chi connectivity index (χ4n) is 1.40. The van der Waals surface area contributed by atoms with Crippen LogP contribution in [0, 0.1) is 18.3 Å². The number of nitrogens with one attached hydrogen (secondary N) is 1. The molecule has 0 spiro atoms. The minimum absolute atomic E-state index is 0.217. The Labute approximate surface area is 93.7 Å². The highest BCUT2D eigenvalue weighted by molar-refractivity contribution is 6.18. The maximum absolute atomic E-state index is 11.5. The van der Waals surface area contributed by atoms with Crippen LogP contribution >= 0.6 is 11.6 Å². The second kappa shape index (κ2) is 4.81.